The molecule has 1 rings (SSSR count). The highest BCUT2D eigenvalue weighted by Gasteiger charge is 2.20. The van der Waals surface area contributed by atoms with Crippen molar-refractivity contribution in [1.29, 1.82) is 0 Å². The third-order valence-electron chi connectivity index (χ3n) is 2.94. The summed E-state index contributed by atoms with van der Waals surface area (Å²) in [6.07, 6.45) is 0.272. The maximum atomic E-state index is 10.3. The second kappa shape index (κ2) is 5.87. The van der Waals surface area contributed by atoms with Crippen LogP contribution in [0.4, 0.5) is 0 Å². The zero-order valence-electron chi connectivity index (χ0n) is 11.2. The molecule has 0 aliphatic heterocycles. The van der Waals surface area contributed by atoms with Crippen LogP contribution in [0.5, 0.6) is 5.75 Å². The van der Waals surface area contributed by atoms with Gasteiger partial charge in [0.05, 0.1) is 13.2 Å². The maximum absolute atomic E-state index is 10.3. The summed E-state index contributed by atoms with van der Waals surface area (Å²) in [5.41, 5.74) is 3.01. The Morgan fingerprint density at radius 3 is 2.41 bits per heavy atom. The minimum Gasteiger partial charge on any atom is -0.496 e. The third kappa shape index (κ3) is 3.23. The van der Waals surface area contributed by atoms with Crippen LogP contribution in [0.3, 0.4) is 0 Å². The Morgan fingerprint density at radius 1 is 1.35 bits per heavy atom. The molecule has 1 N–H and O–H groups in total. The van der Waals surface area contributed by atoms with Crippen LogP contribution < -0.4 is 4.74 Å². The van der Waals surface area contributed by atoms with Gasteiger partial charge in [0.1, 0.15) is 5.75 Å². The van der Waals surface area contributed by atoms with Crippen LogP contribution >= 0.6 is 15.9 Å². The standard InChI is InChI=1S/C14H21BrO2/c1-8(2)6-12(16)13-10(4)11(15)7-9(3)14(13)17-5/h7-8,12,16H,6H2,1-5H3. The second-order valence-corrected chi connectivity index (χ2v) is 5.75. The van der Waals surface area contributed by atoms with E-state index >= 15 is 0 Å². The number of ether oxygens (including phenoxy) is 1. The van der Waals surface area contributed by atoms with Crippen molar-refractivity contribution in [2.45, 2.75) is 40.2 Å². The van der Waals surface area contributed by atoms with Gasteiger partial charge in [-0.25, -0.2) is 0 Å². The van der Waals surface area contributed by atoms with Crippen molar-refractivity contribution in [1.82, 2.24) is 0 Å². The second-order valence-electron chi connectivity index (χ2n) is 4.89. The van der Waals surface area contributed by atoms with E-state index < -0.39 is 6.10 Å². The Hall–Kier alpha value is -0.540. The predicted molar refractivity (Wildman–Crippen MR) is 74.6 cm³/mol. The van der Waals surface area contributed by atoms with Gasteiger partial charge < -0.3 is 9.84 Å². The highest BCUT2D eigenvalue weighted by atomic mass is 79.9. The van der Waals surface area contributed by atoms with E-state index in [0.29, 0.717) is 5.92 Å². The summed E-state index contributed by atoms with van der Waals surface area (Å²) >= 11 is 3.53. The quantitative estimate of drug-likeness (QED) is 0.905. The summed E-state index contributed by atoms with van der Waals surface area (Å²) in [5, 5.41) is 10.3. The van der Waals surface area contributed by atoms with Crippen molar-refractivity contribution in [3.8, 4) is 5.75 Å². The van der Waals surface area contributed by atoms with Crippen molar-refractivity contribution in [2.24, 2.45) is 5.92 Å². The Labute approximate surface area is 112 Å². The Bertz CT molecular complexity index is 400. The lowest BCUT2D eigenvalue weighted by Gasteiger charge is -2.21. The molecule has 0 fully saturated rings. The fraction of sp³-hybridized carbons (Fsp3) is 0.571. The summed E-state index contributed by atoms with van der Waals surface area (Å²) < 4.78 is 6.46. The summed E-state index contributed by atoms with van der Waals surface area (Å²) in [6.45, 7) is 8.21. The van der Waals surface area contributed by atoms with Crippen molar-refractivity contribution in [3.63, 3.8) is 0 Å². The number of benzene rings is 1. The Morgan fingerprint density at radius 2 is 1.94 bits per heavy atom. The van der Waals surface area contributed by atoms with E-state index in [-0.39, 0.29) is 0 Å². The monoisotopic (exact) mass is 300 g/mol. The van der Waals surface area contributed by atoms with E-state index in [9.17, 15) is 5.11 Å². The summed E-state index contributed by atoms with van der Waals surface area (Å²) in [5.74, 6) is 1.26. The molecule has 0 aliphatic carbocycles. The minimum absolute atomic E-state index is 0.452. The summed E-state index contributed by atoms with van der Waals surface area (Å²) in [7, 11) is 1.65. The van der Waals surface area contributed by atoms with E-state index in [2.05, 4.69) is 29.8 Å². The number of rotatable bonds is 4. The van der Waals surface area contributed by atoms with Gasteiger partial charge in [0.25, 0.3) is 0 Å². The van der Waals surface area contributed by atoms with Crippen LogP contribution in [0.1, 0.15) is 43.1 Å². The molecule has 0 aromatic heterocycles. The third-order valence-corrected chi connectivity index (χ3v) is 3.76. The molecular formula is C14H21BrO2. The SMILES string of the molecule is COc1c(C)cc(Br)c(C)c1C(O)CC(C)C. The van der Waals surface area contributed by atoms with Gasteiger partial charge in [-0.15, -0.1) is 0 Å². The van der Waals surface area contributed by atoms with Crippen molar-refractivity contribution < 1.29 is 9.84 Å². The fourth-order valence-corrected chi connectivity index (χ4v) is 2.67. The number of aliphatic hydroxyl groups excluding tert-OH is 1. The zero-order valence-corrected chi connectivity index (χ0v) is 12.8. The molecular weight excluding hydrogens is 280 g/mol. The molecule has 1 unspecified atom stereocenters. The van der Waals surface area contributed by atoms with Crippen LogP contribution in [0.2, 0.25) is 0 Å². The average Bonchev–Trinajstić information content (AvgIpc) is 2.21. The molecule has 1 aromatic rings. The lowest BCUT2D eigenvalue weighted by atomic mass is 9.93. The maximum Gasteiger partial charge on any atom is 0.127 e. The fourth-order valence-electron chi connectivity index (χ4n) is 2.11. The molecule has 0 bridgehead atoms. The number of aliphatic hydroxyl groups is 1. The normalized spacial score (nSPS) is 12.9. The molecule has 0 radical (unpaired) electrons. The molecule has 0 spiro atoms. The van der Waals surface area contributed by atoms with Gasteiger partial charge in [0, 0.05) is 10.0 Å². The molecule has 0 saturated heterocycles. The molecule has 96 valence electrons. The number of methoxy groups -OCH3 is 1. The van der Waals surface area contributed by atoms with Gasteiger partial charge in [-0.05, 0) is 43.4 Å². The van der Waals surface area contributed by atoms with Crippen LogP contribution in [0.25, 0.3) is 0 Å². The van der Waals surface area contributed by atoms with Crippen molar-refractivity contribution in [2.75, 3.05) is 7.11 Å². The smallest absolute Gasteiger partial charge is 0.127 e. The summed E-state index contributed by atoms with van der Waals surface area (Å²) in [4.78, 5) is 0. The van der Waals surface area contributed by atoms with Crippen LogP contribution in [-0.4, -0.2) is 12.2 Å². The number of halogens is 1. The number of hydrogen-bond donors (Lipinski definition) is 1. The molecule has 2 nitrogen and oxygen atoms in total. The first-order chi connectivity index (χ1) is 7.88. The molecule has 1 atom stereocenters. The van der Waals surface area contributed by atoms with Gasteiger partial charge in [0.15, 0.2) is 0 Å². The molecule has 0 amide bonds. The average molecular weight is 301 g/mol. The minimum atomic E-state index is -0.471. The largest absolute Gasteiger partial charge is 0.496 e. The molecule has 17 heavy (non-hydrogen) atoms. The topological polar surface area (TPSA) is 29.5 Å². The van der Waals surface area contributed by atoms with E-state index in [4.69, 9.17) is 4.74 Å². The van der Waals surface area contributed by atoms with Crippen LogP contribution in [0, 0.1) is 19.8 Å². The first kappa shape index (κ1) is 14.5. The number of hydrogen-bond acceptors (Lipinski definition) is 2. The lowest BCUT2D eigenvalue weighted by Crippen LogP contribution is -2.08. The molecule has 3 heteroatoms. The number of aryl methyl sites for hydroxylation is 1. The van der Waals surface area contributed by atoms with E-state index in [1.807, 2.05) is 19.9 Å². The first-order valence-electron chi connectivity index (χ1n) is 5.90. The lowest BCUT2D eigenvalue weighted by molar-refractivity contribution is 0.146. The van der Waals surface area contributed by atoms with Gasteiger partial charge in [-0.3, -0.25) is 0 Å². The molecule has 0 saturated carbocycles. The highest BCUT2D eigenvalue weighted by molar-refractivity contribution is 9.10. The highest BCUT2D eigenvalue weighted by Crippen LogP contribution is 2.38. The molecule has 1 aromatic carbocycles. The van der Waals surface area contributed by atoms with Crippen LogP contribution in [-0.2, 0) is 0 Å². The van der Waals surface area contributed by atoms with E-state index in [1.165, 1.54) is 0 Å². The summed E-state index contributed by atoms with van der Waals surface area (Å²) in [6, 6.07) is 2.03. The van der Waals surface area contributed by atoms with Crippen LogP contribution in [0.15, 0.2) is 10.5 Å². The van der Waals surface area contributed by atoms with Gasteiger partial charge in [-0.2, -0.15) is 0 Å². The molecule has 0 heterocycles. The first-order valence-corrected chi connectivity index (χ1v) is 6.69. The van der Waals surface area contributed by atoms with E-state index in [0.717, 1.165) is 33.3 Å². The van der Waals surface area contributed by atoms with Gasteiger partial charge in [0.2, 0.25) is 0 Å². The Balaban J connectivity index is 3.28. The molecule has 0 aliphatic rings. The predicted octanol–water partition coefficient (Wildman–Crippen LogP) is 4.15. The van der Waals surface area contributed by atoms with Gasteiger partial charge in [-0.1, -0.05) is 29.8 Å². The van der Waals surface area contributed by atoms with E-state index in [1.54, 1.807) is 7.11 Å². The van der Waals surface area contributed by atoms with Crippen molar-refractivity contribution in [3.05, 3.63) is 27.2 Å². The van der Waals surface area contributed by atoms with Crippen molar-refractivity contribution >= 4 is 15.9 Å². The Kier molecular flexibility index (Phi) is 5.02. The zero-order chi connectivity index (χ0) is 13.2. The van der Waals surface area contributed by atoms with Gasteiger partial charge >= 0.3 is 0 Å².